The van der Waals surface area contributed by atoms with Gasteiger partial charge >= 0.3 is 5.97 Å². The van der Waals surface area contributed by atoms with E-state index in [1.165, 1.54) is 0 Å². The second-order valence-electron chi connectivity index (χ2n) is 6.19. The number of amides is 2. The molecule has 0 N–H and O–H groups in total. The van der Waals surface area contributed by atoms with Crippen molar-refractivity contribution < 1.29 is 24.0 Å². The van der Waals surface area contributed by atoms with Crippen molar-refractivity contribution in [1.29, 1.82) is 0 Å². The molecule has 0 saturated carbocycles. The molecule has 22 heavy (non-hydrogen) atoms. The molecule has 0 bridgehead atoms. The summed E-state index contributed by atoms with van der Waals surface area (Å²) >= 11 is 0. The van der Waals surface area contributed by atoms with Gasteiger partial charge in [0.15, 0.2) is 5.60 Å². The number of imide groups is 1. The Kier molecular flexibility index (Phi) is 5.34. The number of carbonyl (C=O) groups excluding carboxylic acids is 3. The SMILES string of the molecule is CC(C)(OC1CC/C=C/CCC1)C(=O)ON1C(=O)CCC1=O. The van der Waals surface area contributed by atoms with Crippen molar-refractivity contribution in [3.8, 4) is 0 Å². The van der Waals surface area contributed by atoms with Crippen LogP contribution in [0.3, 0.4) is 0 Å². The highest BCUT2D eigenvalue weighted by Gasteiger charge is 2.39. The predicted molar refractivity (Wildman–Crippen MR) is 78.4 cm³/mol. The van der Waals surface area contributed by atoms with Gasteiger partial charge in [-0.3, -0.25) is 9.59 Å². The fourth-order valence-electron chi connectivity index (χ4n) is 2.56. The van der Waals surface area contributed by atoms with Crippen LogP contribution in [-0.4, -0.2) is 34.6 Å². The van der Waals surface area contributed by atoms with Crippen LogP contribution in [0.5, 0.6) is 0 Å². The molecule has 0 spiro atoms. The number of hydrogen-bond acceptors (Lipinski definition) is 5. The highest BCUT2D eigenvalue weighted by molar-refractivity contribution is 6.01. The molecule has 2 aliphatic rings. The molecule has 1 atom stereocenters. The molecule has 0 aromatic rings. The Morgan fingerprint density at radius 2 is 1.77 bits per heavy atom. The summed E-state index contributed by atoms with van der Waals surface area (Å²) in [5, 5.41) is 0.564. The van der Waals surface area contributed by atoms with Gasteiger partial charge in [-0.05, 0) is 46.0 Å². The molecular weight excluding hydrogens is 286 g/mol. The number of nitrogens with zero attached hydrogens (tertiary/aromatic N) is 1. The highest BCUT2D eigenvalue weighted by Crippen LogP contribution is 2.24. The molecule has 6 nitrogen and oxygen atoms in total. The van der Waals surface area contributed by atoms with E-state index in [2.05, 4.69) is 12.2 Å². The average molecular weight is 309 g/mol. The summed E-state index contributed by atoms with van der Waals surface area (Å²) in [5.74, 6) is -1.68. The van der Waals surface area contributed by atoms with Crippen molar-refractivity contribution in [2.75, 3.05) is 0 Å². The van der Waals surface area contributed by atoms with Gasteiger partial charge < -0.3 is 9.57 Å². The summed E-state index contributed by atoms with van der Waals surface area (Å²) < 4.78 is 5.90. The van der Waals surface area contributed by atoms with Crippen molar-refractivity contribution >= 4 is 17.8 Å². The molecular formula is C16H23NO5. The van der Waals surface area contributed by atoms with E-state index in [1.807, 2.05) is 0 Å². The topological polar surface area (TPSA) is 72.9 Å². The molecule has 122 valence electrons. The number of ether oxygens (including phenoxy) is 1. The Morgan fingerprint density at radius 3 is 2.45 bits per heavy atom. The van der Waals surface area contributed by atoms with Gasteiger partial charge in [0, 0.05) is 12.8 Å². The van der Waals surface area contributed by atoms with Crippen LogP contribution in [0.2, 0.25) is 0 Å². The maximum absolute atomic E-state index is 12.2. The van der Waals surface area contributed by atoms with E-state index < -0.39 is 23.4 Å². The number of hydroxylamine groups is 2. The molecule has 0 aromatic carbocycles. The van der Waals surface area contributed by atoms with Crippen LogP contribution in [0.1, 0.15) is 58.8 Å². The third-order valence-electron chi connectivity index (χ3n) is 3.85. The summed E-state index contributed by atoms with van der Waals surface area (Å²) in [7, 11) is 0. The number of rotatable bonds is 4. The van der Waals surface area contributed by atoms with Gasteiger partial charge in [0.05, 0.1) is 6.10 Å². The zero-order chi connectivity index (χ0) is 16.2. The molecule has 1 saturated heterocycles. The smallest absolute Gasteiger partial charge is 0.361 e. The Morgan fingerprint density at radius 1 is 1.14 bits per heavy atom. The molecule has 2 rings (SSSR count). The Balaban J connectivity index is 1.93. The van der Waals surface area contributed by atoms with Crippen molar-refractivity contribution in [1.82, 2.24) is 5.06 Å². The van der Waals surface area contributed by atoms with Crippen LogP contribution in [0.25, 0.3) is 0 Å². The Labute approximate surface area is 130 Å². The lowest BCUT2D eigenvalue weighted by atomic mass is 10.0. The molecule has 0 aromatic heterocycles. The number of allylic oxidation sites excluding steroid dienone is 2. The summed E-state index contributed by atoms with van der Waals surface area (Å²) in [5.41, 5.74) is -1.20. The van der Waals surface area contributed by atoms with Gasteiger partial charge in [0.2, 0.25) is 0 Å². The minimum Gasteiger partial charge on any atom is -0.361 e. The fourth-order valence-corrected chi connectivity index (χ4v) is 2.56. The molecule has 1 aliphatic heterocycles. The number of hydrogen-bond donors (Lipinski definition) is 0. The minimum absolute atomic E-state index is 0.0301. The van der Waals surface area contributed by atoms with Crippen LogP contribution < -0.4 is 0 Å². The standard InChI is InChI=1S/C16H23NO5/c1-16(2,21-12-8-6-4-3-5-7-9-12)15(20)22-17-13(18)10-11-14(17)19/h3-4,12H,5-11H2,1-2H3/b4-3+. The summed E-state index contributed by atoms with van der Waals surface area (Å²) in [6.07, 6.45) is 9.10. The second kappa shape index (κ2) is 7.05. The maximum atomic E-state index is 12.2. The first-order valence-electron chi connectivity index (χ1n) is 7.81. The first-order chi connectivity index (χ1) is 10.4. The van der Waals surface area contributed by atoms with Crippen LogP contribution >= 0.6 is 0 Å². The molecule has 6 heteroatoms. The highest BCUT2D eigenvalue weighted by atomic mass is 16.7. The van der Waals surface area contributed by atoms with E-state index in [0.717, 1.165) is 32.1 Å². The first kappa shape index (κ1) is 16.7. The monoisotopic (exact) mass is 309 g/mol. The molecule has 1 heterocycles. The van der Waals surface area contributed by atoms with E-state index in [1.54, 1.807) is 13.8 Å². The van der Waals surface area contributed by atoms with E-state index in [-0.39, 0.29) is 18.9 Å². The fraction of sp³-hybridized carbons (Fsp3) is 0.688. The Hall–Kier alpha value is -1.69. The van der Waals surface area contributed by atoms with Gasteiger partial charge in [-0.1, -0.05) is 12.2 Å². The zero-order valence-electron chi connectivity index (χ0n) is 13.2. The summed E-state index contributed by atoms with van der Waals surface area (Å²) in [6, 6.07) is 0. The number of carbonyl (C=O) groups is 3. The van der Waals surface area contributed by atoms with Crippen LogP contribution in [0.4, 0.5) is 0 Å². The third kappa shape index (κ3) is 4.16. The third-order valence-corrected chi connectivity index (χ3v) is 3.85. The first-order valence-corrected chi connectivity index (χ1v) is 7.81. The van der Waals surface area contributed by atoms with Gasteiger partial charge in [-0.15, -0.1) is 5.06 Å². The predicted octanol–water partition coefficient (Wildman–Crippen LogP) is 2.28. The van der Waals surface area contributed by atoms with Crippen molar-refractivity contribution in [2.24, 2.45) is 0 Å². The molecule has 0 radical (unpaired) electrons. The van der Waals surface area contributed by atoms with Crippen LogP contribution in [0, 0.1) is 0 Å². The van der Waals surface area contributed by atoms with Crippen LogP contribution in [-0.2, 0) is 24.0 Å². The van der Waals surface area contributed by atoms with Crippen molar-refractivity contribution in [3.05, 3.63) is 12.2 Å². The molecule has 1 unspecified atom stereocenters. The van der Waals surface area contributed by atoms with E-state index in [0.29, 0.717) is 5.06 Å². The summed E-state index contributed by atoms with van der Waals surface area (Å²) in [4.78, 5) is 40.2. The lowest BCUT2D eigenvalue weighted by Crippen LogP contribution is -2.44. The van der Waals surface area contributed by atoms with E-state index in [9.17, 15) is 14.4 Å². The normalized spacial score (nSPS) is 24.8. The van der Waals surface area contributed by atoms with E-state index >= 15 is 0 Å². The second-order valence-corrected chi connectivity index (χ2v) is 6.19. The van der Waals surface area contributed by atoms with E-state index in [4.69, 9.17) is 9.57 Å². The molecule has 1 fully saturated rings. The molecule has 2 amide bonds. The van der Waals surface area contributed by atoms with Gasteiger partial charge in [-0.25, -0.2) is 4.79 Å². The maximum Gasteiger partial charge on any atom is 0.364 e. The lowest BCUT2D eigenvalue weighted by Gasteiger charge is -2.30. The zero-order valence-corrected chi connectivity index (χ0v) is 13.2. The lowest BCUT2D eigenvalue weighted by molar-refractivity contribution is -0.215. The minimum atomic E-state index is -1.20. The van der Waals surface area contributed by atoms with Crippen molar-refractivity contribution in [2.45, 2.75) is 70.5 Å². The van der Waals surface area contributed by atoms with Crippen molar-refractivity contribution in [3.63, 3.8) is 0 Å². The summed E-state index contributed by atoms with van der Waals surface area (Å²) in [6.45, 7) is 3.21. The quantitative estimate of drug-likeness (QED) is 0.588. The van der Waals surface area contributed by atoms with Gasteiger partial charge in [0.25, 0.3) is 11.8 Å². The van der Waals surface area contributed by atoms with Crippen LogP contribution in [0.15, 0.2) is 12.2 Å². The largest absolute Gasteiger partial charge is 0.364 e. The Bertz CT molecular complexity index is 467. The average Bonchev–Trinajstić information content (AvgIpc) is 2.73. The van der Waals surface area contributed by atoms with Gasteiger partial charge in [-0.2, -0.15) is 0 Å². The van der Waals surface area contributed by atoms with Gasteiger partial charge in [0.1, 0.15) is 0 Å². The molecule has 1 aliphatic carbocycles.